The molecule has 1 aromatic heterocycles. The molecule has 0 aliphatic rings. The van der Waals surface area contributed by atoms with Gasteiger partial charge in [0.15, 0.2) is 0 Å². The molecular weight excluding hydrogens is 375 g/mol. The van der Waals surface area contributed by atoms with Gasteiger partial charge in [0, 0.05) is 35.2 Å². The smallest absolute Gasteiger partial charge is 0.251 e. The highest BCUT2D eigenvalue weighted by atomic mass is 19.1. The lowest BCUT2D eigenvalue weighted by Gasteiger charge is -2.09. The summed E-state index contributed by atoms with van der Waals surface area (Å²) in [6, 6.07) is 22.6. The van der Waals surface area contributed by atoms with Gasteiger partial charge in [0.2, 0.25) is 0 Å². The van der Waals surface area contributed by atoms with E-state index in [-0.39, 0.29) is 11.7 Å². The maximum atomic E-state index is 13.2. The molecule has 4 aromatic rings. The quantitative estimate of drug-likeness (QED) is 0.461. The van der Waals surface area contributed by atoms with E-state index >= 15 is 0 Å². The number of hydrogen-bond acceptors (Lipinski definition) is 1. The highest BCUT2D eigenvalue weighted by Gasteiger charge is 2.14. The first-order valence-electron chi connectivity index (χ1n) is 10.2. The second kappa shape index (κ2) is 8.54. The third kappa shape index (κ3) is 4.13. The Hall–Kier alpha value is -3.40. The van der Waals surface area contributed by atoms with Crippen LogP contribution in [0.25, 0.3) is 10.9 Å². The third-order valence-electron chi connectivity index (χ3n) is 5.70. The number of carbonyl (C=O) groups is 1. The third-order valence-corrected chi connectivity index (χ3v) is 5.70. The van der Waals surface area contributed by atoms with E-state index in [9.17, 15) is 9.18 Å². The van der Waals surface area contributed by atoms with Crippen molar-refractivity contribution in [3.63, 3.8) is 0 Å². The van der Waals surface area contributed by atoms with Crippen LogP contribution < -0.4 is 5.32 Å². The van der Waals surface area contributed by atoms with Crippen LogP contribution in [-0.2, 0) is 13.0 Å². The van der Waals surface area contributed by atoms with Crippen molar-refractivity contribution >= 4 is 16.8 Å². The van der Waals surface area contributed by atoms with Crippen LogP contribution in [0.2, 0.25) is 0 Å². The molecule has 30 heavy (non-hydrogen) atoms. The van der Waals surface area contributed by atoms with Crippen LogP contribution >= 0.6 is 0 Å². The Labute approximate surface area is 176 Å². The Morgan fingerprint density at radius 2 is 1.67 bits per heavy atom. The number of amides is 1. The van der Waals surface area contributed by atoms with Crippen molar-refractivity contribution in [1.29, 1.82) is 0 Å². The van der Waals surface area contributed by atoms with Crippen molar-refractivity contribution in [2.45, 2.75) is 26.8 Å². The fourth-order valence-electron chi connectivity index (χ4n) is 3.83. The van der Waals surface area contributed by atoms with Crippen molar-refractivity contribution < 1.29 is 9.18 Å². The molecule has 0 unspecified atom stereocenters. The van der Waals surface area contributed by atoms with Crippen LogP contribution in [0.5, 0.6) is 0 Å². The van der Waals surface area contributed by atoms with Crippen LogP contribution in [0.3, 0.4) is 0 Å². The van der Waals surface area contributed by atoms with E-state index in [1.165, 1.54) is 17.7 Å². The molecular formula is C26H25FN2O. The number of fused-ring (bicyclic) bond motifs is 1. The zero-order chi connectivity index (χ0) is 21.1. The maximum Gasteiger partial charge on any atom is 0.251 e. The van der Waals surface area contributed by atoms with Crippen molar-refractivity contribution in [2.24, 2.45) is 0 Å². The maximum absolute atomic E-state index is 13.2. The molecule has 0 saturated carbocycles. The number of halogens is 1. The van der Waals surface area contributed by atoms with Gasteiger partial charge in [0.25, 0.3) is 5.91 Å². The van der Waals surface area contributed by atoms with Crippen molar-refractivity contribution in [3.8, 4) is 0 Å². The lowest BCUT2D eigenvalue weighted by molar-refractivity contribution is 0.0954. The van der Waals surface area contributed by atoms with Crippen molar-refractivity contribution in [2.75, 3.05) is 6.54 Å². The van der Waals surface area contributed by atoms with Gasteiger partial charge in [-0.15, -0.1) is 0 Å². The second-order valence-electron chi connectivity index (χ2n) is 7.65. The predicted octanol–water partition coefficient (Wildman–Crippen LogP) is 5.42. The highest BCUT2D eigenvalue weighted by Crippen LogP contribution is 2.27. The number of benzene rings is 3. The molecule has 0 aliphatic heterocycles. The fraction of sp³-hybridized carbons (Fsp3) is 0.192. The molecule has 0 aliphatic carbocycles. The molecule has 1 heterocycles. The lowest BCUT2D eigenvalue weighted by atomic mass is 10.1. The van der Waals surface area contributed by atoms with Crippen molar-refractivity contribution in [3.05, 3.63) is 107 Å². The van der Waals surface area contributed by atoms with Gasteiger partial charge in [-0.25, -0.2) is 4.39 Å². The largest absolute Gasteiger partial charge is 0.352 e. The predicted molar refractivity (Wildman–Crippen MR) is 119 cm³/mol. The van der Waals surface area contributed by atoms with E-state index in [0.29, 0.717) is 18.7 Å². The summed E-state index contributed by atoms with van der Waals surface area (Å²) in [7, 11) is 0. The molecule has 1 N–H and O–H groups in total. The van der Waals surface area contributed by atoms with Gasteiger partial charge in [0.1, 0.15) is 5.82 Å². The Morgan fingerprint density at radius 1 is 0.933 bits per heavy atom. The van der Waals surface area contributed by atoms with Crippen LogP contribution in [0.4, 0.5) is 4.39 Å². The number of nitrogens with one attached hydrogen (secondary N) is 1. The summed E-state index contributed by atoms with van der Waals surface area (Å²) in [5.74, 6) is -0.289. The van der Waals surface area contributed by atoms with Gasteiger partial charge in [0.05, 0.1) is 0 Å². The normalized spacial score (nSPS) is 11.0. The molecule has 1 amide bonds. The summed E-state index contributed by atoms with van der Waals surface area (Å²) in [6.45, 7) is 5.43. The van der Waals surface area contributed by atoms with Gasteiger partial charge >= 0.3 is 0 Å². The number of rotatable bonds is 6. The number of carbonyl (C=O) groups excluding carboxylic acids is 1. The molecule has 0 atom stereocenters. The first-order chi connectivity index (χ1) is 14.5. The molecule has 0 saturated heterocycles. The average molecular weight is 400 g/mol. The zero-order valence-corrected chi connectivity index (χ0v) is 17.3. The minimum Gasteiger partial charge on any atom is -0.352 e. The SMILES string of the molecule is Cc1c(C)n(Cc2ccc(F)cc2)c2ccc(C(=O)NCCc3ccccc3)cc12. The van der Waals surface area contributed by atoms with Gasteiger partial charge in [-0.1, -0.05) is 42.5 Å². The number of aromatic nitrogens is 1. The molecule has 0 spiro atoms. The Bertz CT molecular complexity index is 1180. The van der Waals surface area contributed by atoms with E-state index in [4.69, 9.17) is 0 Å². The van der Waals surface area contributed by atoms with E-state index in [2.05, 4.69) is 35.9 Å². The molecule has 0 fully saturated rings. The molecule has 4 rings (SSSR count). The average Bonchev–Trinajstić information content (AvgIpc) is 3.00. The highest BCUT2D eigenvalue weighted by molar-refractivity contribution is 5.99. The van der Waals surface area contributed by atoms with E-state index in [1.807, 2.05) is 48.5 Å². The standard InChI is InChI=1S/C26H25FN2O/c1-18-19(2)29(17-21-8-11-23(27)12-9-21)25-13-10-22(16-24(18)25)26(30)28-15-14-20-6-4-3-5-7-20/h3-13,16H,14-15,17H2,1-2H3,(H,28,30). The second-order valence-corrected chi connectivity index (χ2v) is 7.65. The van der Waals surface area contributed by atoms with Gasteiger partial charge < -0.3 is 9.88 Å². The number of aryl methyl sites for hydroxylation is 1. The van der Waals surface area contributed by atoms with Crippen LogP contribution in [0, 0.1) is 19.7 Å². The first kappa shape index (κ1) is 19.9. The summed E-state index contributed by atoms with van der Waals surface area (Å²) in [5.41, 5.74) is 6.30. The fourth-order valence-corrected chi connectivity index (χ4v) is 3.83. The van der Waals surface area contributed by atoms with E-state index in [1.54, 1.807) is 0 Å². The van der Waals surface area contributed by atoms with E-state index < -0.39 is 0 Å². The van der Waals surface area contributed by atoms with Gasteiger partial charge in [-0.2, -0.15) is 0 Å². The monoisotopic (exact) mass is 400 g/mol. The van der Waals surface area contributed by atoms with Crippen LogP contribution in [0.15, 0.2) is 72.8 Å². The molecule has 0 radical (unpaired) electrons. The lowest BCUT2D eigenvalue weighted by Crippen LogP contribution is -2.25. The summed E-state index contributed by atoms with van der Waals surface area (Å²) < 4.78 is 15.4. The number of nitrogens with zero attached hydrogens (tertiary/aromatic N) is 1. The van der Waals surface area contributed by atoms with Crippen LogP contribution in [-0.4, -0.2) is 17.0 Å². The Balaban J connectivity index is 1.53. The first-order valence-corrected chi connectivity index (χ1v) is 10.2. The van der Waals surface area contributed by atoms with Crippen molar-refractivity contribution in [1.82, 2.24) is 9.88 Å². The molecule has 0 bridgehead atoms. The molecule has 3 nitrogen and oxygen atoms in total. The van der Waals surface area contributed by atoms with Gasteiger partial charge in [-0.3, -0.25) is 4.79 Å². The van der Waals surface area contributed by atoms with Gasteiger partial charge in [-0.05, 0) is 67.3 Å². The summed E-state index contributed by atoms with van der Waals surface area (Å²) in [4.78, 5) is 12.7. The Morgan fingerprint density at radius 3 is 2.40 bits per heavy atom. The summed E-state index contributed by atoms with van der Waals surface area (Å²) >= 11 is 0. The number of hydrogen-bond donors (Lipinski definition) is 1. The molecule has 4 heteroatoms. The zero-order valence-electron chi connectivity index (χ0n) is 17.3. The minimum atomic E-state index is -0.230. The molecule has 3 aromatic carbocycles. The van der Waals surface area contributed by atoms with Crippen LogP contribution in [0.1, 0.15) is 32.7 Å². The summed E-state index contributed by atoms with van der Waals surface area (Å²) in [6.07, 6.45) is 0.807. The molecule has 152 valence electrons. The minimum absolute atomic E-state index is 0.0591. The summed E-state index contributed by atoms with van der Waals surface area (Å²) in [5, 5.41) is 4.09. The van der Waals surface area contributed by atoms with E-state index in [0.717, 1.165) is 34.1 Å². The topological polar surface area (TPSA) is 34.0 Å². The Kier molecular flexibility index (Phi) is 5.66.